The van der Waals surface area contributed by atoms with Crippen LogP contribution < -0.4 is 0 Å². The number of carboxylic acids is 1. The number of hydrogen-bond donors (Lipinski definition) is 1. The molecule has 0 bridgehead atoms. The molecule has 0 unspecified atom stereocenters. The van der Waals surface area contributed by atoms with Crippen molar-refractivity contribution >= 4 is 16.9 Å². The average Bonchev–Trinajstić information content (AvgIpc) is 2.68. The summed E-state index contributed by atoms with van der Waals surface area (Å²) < 4.78 is 2.22. The minimum atomic E-state index is -0.846. The Morgan fingerprint density at radius 1 is 1.33 bits per heavy atom. The summed E-state index contributed by atoms with van der Waals surface area (Å²) in [6.45, 7) is 8.56. The smallest absolute Gasteiger partial charge is 0.335 e. The molecule has 0 saturated carbocycles. The van der Waals surface area contributed by atoms with Gasteiger partial charge in [-0.05, 0) is 48.9 Å². The van der Waals surface area contributed by atoms with Gasteiger partial charge in [0, 0.05) is 18.1 Å². The van der Waals surface area contributed by atoms with Gasteiger partial charge in [0.05, 0.1) is 11.1 Å². The van der Waals surface area contributed by atoms with Gasteiger partial charge in [-0.25, -0.2) is 4.79 Å². The Labute approximate surface area is 126 Å². The van der Waals surface area contributed by atoms with Gasteiger partial charge in [0.2, 0.25) is 0 Å². The third kappa shape index (κ3) is 2.69. The first-order valence-electron chi connectivity index (χ1n) is 7.73. The lowest BCUT2D eigenvalue weighted by atomic mass is 9.95. The SMILES string of the molecule is CCCCc1c(C)n(C)c2c(C(C)C)cc(C(=O)O)cc12. The number of carboxylic acid groups (broad SMARTS) is 1. The molecular formula is C18H25NO2. The number of benzene rings is 1. The molecule has 0 aliphatic carbocycles. The van der Waals surface area contributed by atoms with Gasteiger partial charge in [-0.1, -0.05) is 27.2 Å². The summed E-state index contributed by atoms with van der Waals surface area (Å²) in [6.07, 6.45) is 3.29. The van der Waals surface area contributed by atoms with Crippen molar-refractivity contribution in [2.24, 2.45) is 7.05 Å². The van der Waals surface area contributed by atoms with E-state index in [4.69, 9.17) is 0 Å². The summed E-state index contributed by atoms with van der Waals surface area (Å²) in [6, 6.07) is 3.68. The van der Waals surface area contributed by atoms with Crippen LogP contribution in [0.2, 0.25) is 0 Å². The van der Waals surface area contributed by atoms with Crippen molar-refractivity contribution in [3.8, 4) is 0 Å². The van der Waals surface area contributed by atoms with E-state index in [1.165, 1.54) is 16.8 Å². The van der Waals surface area contributed by atoms with Crippen molar-refractivity contribution < 1.29 is 9.90 Å². The van der Waals surface area contributed by atoms with Crippen molar-refractivity contribution in [2.75, 3.05) is 0 Å². The second-order valence-electron chi connectivity index (χ2n) is 6.15. The van der Waals surface area contributed by atoms with Crippen LogP contribution in [0.3, 0.4) is 0 Å². The summed E-state index contributed by atoms with van der Waals surface area (Å²) in [7, 11) is 2.08. The highest BCUT2D eigenvalue weighted by molar-refractivity contribution is 5.97. The Morgan fingerprint density at radius 2 is 2.00 bits per heavy atom. The maximum absolute atomic E-state index is 11.4. The number of aromatic carboxylic acids is 1. The fourth-order valence-corrected chi connectivity index (χ4v) is 3.06. The number of carbonyl (C=O) groups is 1. The Bertz CT molecular complexity index is 680. The molecule has 114 valence electrons. The molecule has 1 heterocycles. The van der Waals surface area contributed by atoms with E-state index in [2.05, 4.69) is 39.3 Å². The van der Waals surface area contributed by atoms with Crippen LogP contribution in [0.1, 0.15) is 66.7 Å². The van der Waals surface area contributed by atoms with Crippen LogP contribution in [0, 0.1) is 6.92 Å². The molecule has 0 aliphatic rings. The molecule has 1 aromatic carbocycles. The van der Waals surface area contributed by atoms with Crippen molar-refractivity contribution in [3.05, 3.63) is 34.5 Å². The lowest BCUT2D eigenvalue weighted by Gasteiger charge is -2.11. The number of hydrogen-bond acceptors (Lipinski definition) is 1. The van der Waals surface area contributed by atoms with Gasteiger partial charge in [0.15, 0.2) is 0 Å². The van der Waals surface area contributed by atoms with Crippen LogP contribution in [0.4, 0.5) is 0 Å². The van der Waals surface area contributed by atoms with Gasteiger partial charge >= 0.3 is 5.97 Å². The first-order chi connectivity index (χ1) is 9.88. The average molecular weight is 287 g/mol. The molecule has 0 aliphatic heterocycles. The van der Waals surface area contributed by atoms with Crippen LogP contribution in [0.5, 0.6) is 0 Å². The van der Waals surface area contributed by atoms with Crippen LogP contribution in [0.15, 0.2) is 12.1 Å². The van der Waals surface area contributed by atoms with Gasteiger partial charge in [-0.15, -0.1) is 0 Å². The lowest BCUT2D eigenvalue weighted by Crippen LogP contribution is -2.01. The summed E-state index contributed by atoms with van der Waals surface area (Å²) in [4.78, 5) is 11.4. The van der Waals surface area contributed by atoms with Crippen LogP contribution in [0.25, 0.3) is 10.9 Å². The maximum atomic E-state index is 11.4. The molecule has 1 N–H and O–H groups in total. The van der Waals surface area contributed by atoms with E-state index in [9.17, 15) is 9.90 Å². The molecule has 3 nitrogen and oxygen atoms in total. The van der Waals surface area contributed by atoms with Gasteiger partial charge in [-0.3, -0.25) is 0 Å². The van der Waals surface area contributed by atoms with Crippen LogP contribution >= 0.6 is 0 Å². The molecule has 0 fully saturated rings. The molecule has 0 amide bonds. The zero-order valence-electron chi connectivity index (χ0n) is 13.7. The number of unbranched alkanes of at least 4 members (excludes halogenated alkanes) is 1. The highest BCUT2D eigenvalue weighted by atomic mass is 16.4. The monoisotopic (exact) mass is 287 g/mol. The Morgan fingerprint density at radius 3 is 2.52 bits per heavy atom. The second-order valence-corrected chi connectivity index (χ2v) is 6.15. The summed E-state index contributed by atoms with van der Waals surface area (Å²) in [5.41, 5.74) is 5.27. The fraction of sp³-hybridized carbons (Fsp3) is 0.500. The number of rotatable bonds is 5. The van der Waals surface area contributed by atoms with Crippen molar-refractivity contribution in [1.29, 1.82) is 0 Å². The van der Waals surface area contributed by atoms with E-state index < -0.39 is 5.97 Å². The Balaban J connectivity index is 2.80. The van der Waals surface area contributed by atoms with Crippen molar-refractivity contribution in [3.63, 3.8) is 0 Å². The summed E-state index contributed by atoms with van der Waals surface area (Å²) in [5.74, 6) is -0.541. The largest absolute Gasteiger partial charge is 0.478 e. The first-order valence-corrected chi connectivity index (χ1v) is 7.73. The molecule has 2 aromatic rings. The number of aromatic nitrogens is 1. The van der Waals surface area contributed by atoms with Crippen LogP contribution in [-0.4, -0.2) is 15.6 Å². The second kappa shape index (κ2) is 5.92. The van der Waals surface area contributed by atoms with E-state index in [0.29, 0.717) is 11.5 Å². The molecule has 21 heavy (non-hydrogen) atoms. The zero-order valence-corrected chi connectivity index (χ0v) is 13.7. The quantitative estimate of drug-likeness (QED) is 0.869. The predicted molar refractivity (Wildman–Crippen MR) is 87.3 cm³/mol. The minimum absolute atomic E-state index is 0.304. The third-order valence-electron chi connectivity index (χ3n) is 4.39. The van der Waals surface area contributed by atoms with E-state index in [-0.39, 0.29) is 0 Å². The molecule has 0 radical (unpaired) electrons. The Hall–Kier alpha value is -1.77. The number of nitrogens with zero attached hydrogens (tertiary/aromatic N) is 1. The minimum Gasteiger partial charge on any atom is -0.478 e. The molecule has 3 heteroatoms. The molecule has 0 atom stereocenters. The third-order valence-corrected chi connectivity index (χ3v) is 4.39. The predicted octanol–water partition coefficient (Wildman–Crippen LogP) is 4.65. The van der Waals surface area contributed by atoms with Gasteiger partial charge in [0.25, 0.3) is 0 Å². The molecular weight excluding hydrogens is 262 g/mol. The lowest BCUT2D eigenvalue weighted by molar-refractivity contribution is 0.0697. The molecule has 1 aromatic heterocycles. The Kier molecular flexibility index (Phi) is 4.40. The highest BCUT2D eigenvalue weighted by Gasteiger charge is 2.19. The summed E-state index contributed by atoms with van der Waals surface area (Å²) >= 11 is 0. The number of fused-ring (bicyclic) bond motifs is 1. The van der Waals surface area contributed by atoms with E-state index in [1.54, 1.807) is 0 Å². The van der Waals surface area contributed by atoms with Gasteiger partial charge in [-0.2, -0.15) is 0 Å². The van der Waals surface area contributed by atoms with E-state index >= 15 is 0 Å². The fourth-order valence-electron chi connectivity index (χ4n) is 3.06. The standard InChI is InChI=1S/C18H25NO2/c1-6-7-8-14-12(4)19(5)17-15(11(2)3)9-13(18(20)21)10-16(14)17/h9-11H,6-8H2,1-5H3,(H,20,21). The summed E-state index contributed by atoms with van der Waals surface area (Å²) in [5, 5.41) is 10.5. The van der Waals surface area contributed by atoms with Crippen molar-refractivity contribution in [2.45, 2.75) is 52.9 Å². The van der Waals surface area contributed by atoms with E-state index in [1.807, 2.05) is 12.1 Å². The van der Waals surface area contributed by atoms with Gasteiger partial charge in [0.1, 0.15) is 0 Å². The normalized spacial score (nSPS) is 11.5. The zero-order chi connectivity index (χ0) is 15.7. The number of aryl methyl sites for hydroxylation is 2. The van der Waals surface area contributed by atoms with Gasteiger partial charge < -0.3 is 9.67 Å². The maximum Gasteiger partial charge on any atom is 0.335 e. The van der Waals surface area contributed by atoms with E-state index in [0.717, 1.165) is 30.2 Å². The highest BCUT2D eigenvalue weighted by Crippen LogP contribution is 2.33. The first kappa shape index (κ1) is 15.6. The van der Waals surface area contributed by atoms with Crippen molar-refractivity contribution in [1.82, 2.24) is 4.57 Å². The molecule has 0 saturated heterocycles. The van der Waals surface area contributed by atoms with Crippen LogP contribution in [-0.2, 0) is 13.5 Å². The topological polar surface area (TPSA) is 42.2 Å². The molecule has 0 spiro atoms. The molecule has 2 rings (SSSR count).